The largest absolute Gasteiger partial charge is 0.493 e. The molecule has 4 N–H and O–H groups in total. The average molecular weight is 503 g/mol. The van der Waals surface area contributed by atoms with E-state index in [1.165, 1.54) is 64.2 Å². The summed E-state index contributed by atoms with van der Waals surface area (Å²) in [6, 6.07) is 15.9. The van der Waals surface area contributed by atoms with Crippen LogP contribution in [0.4, 0.5) is 11.4 Å². The molecule has 0 spiro atoms. The van der Waals surface area contributed by atoms with Crippen LogP contribution in [0, 0.1) is 40.4 Å². The number of nitrogens with two attached hydrogens (primary N) is 2. The smallest absolute Gasteiger partial charge is 0.119 e. The summed E-state index contributed by atoms with van der Waals surface area (Å²) in [7, 11) is 0. The van der Waals surface area contributed by atoms with Gasteiger partial charge in [-0.1, -0.05) is 19.8 Å². The molecule has 4 aliphatic carbocycles. The van der Waals surface area contributed by atoms with Crippen LogP contribution in [0.15, 0.2) is 48.5 Å². The summed E-state index contributed by atoms with van der Waals surface area (Å²) in [5, 5.41) is 0. The van der Waals surface area contributed by atoms with Crippen molar-refractivity contribution in [1.82, 2.24) is 0 Å². The summed E-state index contributed by atoms with van der Waals surface area (Å²) in [6.45, 7) is 5.75. The van der Waals surface area contributed by atoms with E-state index < -0.39 is 0 Å². The minimum absolute atomic E-state index is 0.141. The molecule has 200 valence electrons. The van der Waals surface area contributed by atoms with Crippen molar-refractivity contribution >= 4 is 11.4 Å². The first-order chi connectivity index (χ1) is 17.9. The predicted octanol–water partition coefficient (Wildman–Crippen LogP) is 7.73. The van der Waals surface area contributed by atoms with Crippen LogP contribution < -0.4 is 20.9 Å². The molecule has 0 heterocycles. The highest BCUT2D eigenvalue weighted by Crippen LogP contribution is 2.68. The molecule has 0 saturated heterocycles. The molecule has 2 aromatic carbocycles. The van der Waals surface area contributed by atoms with Gasteiger partial charge in [-0.2, -0.15) is 0 Å². The van der Waals surface area contributed by atoms with Gasteiger partial charge in [0.2, 0.25) is 0 Å². The zero-order valence-corrected chi connectivity index (χ0v) is 22.8. The molecule has 0 radical (unpaired) electrons. The Hall–Kier alpha value is -2.36. The van der Waals surface area contributed by atoms with Crippen LogP contribution in [0.1, 0.15) is 78.1 Å². The minimum Gasteiger partial charge on any atom is -0.493 e. The zero-order valence-electron chi connectivity index (χ0n) is 22.8. The SMILES string of the molecule is CC(Oc1ccc(N)cc1)C1CCC2C3CCC4CCCCC4(C)C3CCC12COc1ccc(N)cc1. The monoisotopic (exact) mass is 502 g/mol. The molecule has 4 heteroatoms. The van der Waals surface area contributed by atoms with Gasteiger partial charge in [-0.3, -0.25) is 0 Å². The maximum Gasteiger partial charge on any atom is 0.119 e. The van der Waals surface area contributed by atoms with Crippen molar-refractivity contribution in [2.75, 3.05) is 18.1 Å². The quantitative estimate of drug-likeness (QED) is 0.397. The molecule has 4 saturated carbocycles. The van der Waals surface area contributed by atoms with Crippen LogP contribution in [0.2, 0.25) is 0 Å². The second-order valence-electron chi connectivity index (χ2n) is 13.1. The van der Waals surface area contributed by atoms with Crippen LogP contribution in [-0.2, 0) is 0 Å². The van der Waals surface area contributed by atoms with Gasteiger partial charge in [0.15, 0.2) is 0 Å². The second-order valence-corrected chi connectivity index (χ2v) is 13.1. The lowest BCUT2D eigenvalue weighted by Gasteiger charge is -2.61. The lowest BCUT2D eigenvalue weighted by molar-refractivity contribution is -0.133. The summed E-state index contributed by atoms with van der Waals surface area (Å²) in [5.41, 5.74) is 14.2. The number of nitrogen functional groups attached to an aromatic ring is 2. The third-order valence-electron chi connectivity index (χ3n) is 11.5. The maximum absolute atomic E-state index is 6.64. The number of hydrogen-bond acceptors (Lipinski definition) is 4. The van der Waals surface area contributed by atoms with Gasteiger partial charge in [-0.15, -0.1) is 0 Å². The van der Waals surface area contributed by atoms with E-state index in [4.69, 9.17) is 20.9 Å². The van der Waals surface area contributed by atoms with Crippen LogP contribution >= 0.6 is 0 Å². The fourth-order valence-electron chi connectivity index (χ4n) is 9.76. The third-order valence-corrected chi connectivity index (χ3v) is 11.5. The lowest BCUT2D eigenvalue weighted by Crippen LogP contribution is -2.56. The first-order valence-corrected chi connectivity index (χ1v) is 14.9. The molecule has 6 rings (SSSR count). The topological polar surface area (TPSA) is 70.5 Å². The molecule has 8 unspecified atom stereocenters. The Labute approximate surface area is 223 Å². The first-order valence-electron chi connectivity index (χ1n) is 14.9. The number of anilines is 2. The number of fused-ring (bicyclic) bond motifs is 5. The maximum atomic E-state index is 6.64. The summed E-state index contributed by atoms with van der Waals surface area (Å²) in [5.74, 6) is 5.73. The van der Waals surface area contributed by atoms with Gasteiger partial charge < -0.3 is 20.9 Å². The molecule has 8 atom stereocenters. The van der Waals surface area contributed by atoms with Gasteiger partial charge in [0, 0.05) is 22.7 Å². The summed E-state index contributed by atoms with van der Waals surface area (Å²) < 4.78 is 13.2. The van der Waals surface area contributed by atoms with Crippen molar-refractivity contribution in [3.63, 3.8) is 0 Å². The molecule has 0 aromatic heterocycles. The van der Waals surface area contributed by atoms with E-state index in [2.05, 4.69) is 13.8 Å². The highest BCUT2D eigenvalue weighted by molar-refractivity contribution is 5.42. The van der Waals surface area contributed by atoms with E-state index in [1.54, 1.807) is 0 Å². The van der Waals surface area contributed by atoms with Crippen LogP contribution in [0.5, 0.6) is 11.5 Å². The third kappa shape index (κ3) is 4.38. The lowest BCUT2D eigenvalue weighted by atomic mass is 9.44. The fraction of sp³-hybridized carbons (Fsp3) is 0.636. The predicted molar refractivity (Wildman–Crippen MR) is 151 cm³/mol. The summed E-state index contributed by atoms with van der Waals surface area (Å²) >= 11 is 0. The van der Waals surface area contributed by atoms with E-state index in [9.17, 15) is 0 Å². The standard InChI is InChI=1S/C33H46N2O2/c1-22(37-27-13-9-25(35)10-14-27)29-16-17-31-28-15-6-23-5-3-4-19-32(23,2)30(28)18-20-33(29,31)21-36-26-11-7-24(34)8-12-26/h7-14,22-23,28-31H,3-6,15-21,34-35H2,1-2H3. The molecule has 0 amide bonds. The van der Waals surface area contributed by atoms with Crippen LogP contribution in [-0.4, -0.2) is 12.7 Å². The van der Waals surface area contributed by atoms with Crippen LogP contribution in [0.3, 0.4) is 0 Å². The van der Waals surface area contributed by atoms with Crippen molar-refractivity contribution in [3.8, 4) is 11.5 Å². The Morgan fingerprint density at radius 3 is 2.22 bits per heavy atom. The van der Waals surface area contributed by atoms with E-state index in [1.807, 2.05) is 48.5 Å². The minimum atomic E-state index is 0.141. The molecular weight excluding hydrogens is 456 g/mol. The molecule has 4 aliphatic rings. The summed E-state index contributed by atoms with van der Waals surface area (Å²) in [6.07, 6.45) is 13.9. The Balaban J connectivity index is 1.28. The Morgan fingerprint density at radius 1 is 0.784 bits per heavy atom. The molecule has 2 aromatic rings. The van der Waals surface area contributed by atoms with E-state index in [0.29, 0.717) is 11.3 Å². The zero-order chi connectivity index (χ0) is 25.6. The highest BCUT2D eigenvalue weighted by Gasteiger charge is 2.62. The second kappa shape index (κ2) is 9.75. The van der Waals surface area contributed by atoms with Gasteiger partial charge in [-0.25, -0.2) is 0 Å². The Bertz CT molecular complexity index is 1070. The van der Waals surface area contributed by atoms with E-state index in [0.717, 1.165) is 53.2 Å². The van der Waals surface area contributed by atoms with Gasteiger partial charge in [-0.05, 0) is 136 Å². The van der Waals surface area contributed by atoms with Crippen LogP contribution in [0.25, 0.3) is 0 Å². The van der Waals surface area contributed by atoms with Crippen molar-refractivity contribution in [2.45, 2.75) is 84.2 Å². The molecular formula is C33H46N2O2. The van der Waals surface area contributed by atoms with Crippen molar-refractivity contribution in [2.24, 2.45) is 40.4 Å². The Morgan fingerprint density at radius 2 is 1.49 bits per heavy atom. The Kier molecular flexibility index (Phi) is 6.57. The van der Waals surface area contributed by atoms with Gasteiger partial charge >= 0.3 is 0 Å². The molecule has 0 bridgehead atoms. The van der Waals surface area contributed by atoms with Crippen molar-refractivity contribution in [1.29, 1.82) is 0 Å². The molecule has 4 fully saturated rings. The normalized spacial score (nSPS) is 37.6. The molecule has 37 heavy (non-hydrogen) atoms. The average Bonchev–Trinajstić information content (AvgIpc) is 3.29. The van der Waals surface area contributed by atoms with Crippen molar-refractivity contribution in [3.05, 3.63) is 48.5 Å². The van der Waals surface area contributed by atoms with E-state index in [-0.39, 0.29) is 11.5 Å². The number of benzene rings is 2. The number of rotatable bonds is 6. The van der Waals surface area contributed by atoms with Gasteiger partial charge in [0.1, 0.15) is 11.5 Å². The van der Waals surface area contributed by atoms with Crippen molar-refractivity contribution < 1.29 is 9.47 Å². The highest BCUT2D eigenvalue weighted by atomic mass is 16.5. The molecule has 4 nitrogen and oxygen atoms in total. The summed E-state index contributed by atoms with van der Waals surface area (Å²) in [4.78, 5) is 0. The van der Waals surface area contributed by atoms with Gasteiger partial charge in [0.05, 0.1) is 12.7 Å². The molecule has 0 aliphatic heterocycles. The first kappa shape index (κ1) is 24.9. The number of ether oxygens (including phenoxy) is 2. The number of hydrogen-bond donors (Lipinski definition) is 2. The van der Waals surface area contributed by atoms with Gasteiger partial charge in [0.25, 0.3) is 0 Å². The van der Waals surface area contributed by atoms with E-state index >= 15 is 0 Å². The fourth-order valence-corrected chi connectivity index (χ4v) is 9.76.